The summed E-state index contributed by atoms with van der Waals surface area (Å²) in [6, 6.07) is 10.2. The molecule has 0 heterocycles. The summed E-state index contributed by atoms with van der Waals surface area (Å²) >= 11 is 0. The Labute approximate surface area is 126 Å². The molecule has 0 unspecified atom stereocenters. The predicted octanol–water partition coefficient (Wildman–Crippen LogP) is 3.64. The molecule has 0 atom stereocenters. The van der Waals surface area contributed by atoms with Gasteiger partial charge in [-0.05, 0) is 31.0 Å². The highest BCUT2D eigenvalue weighted by atomic mass is 19.1. The molecule has 1 fully saturated rings. The number of ether oxygens (including phenoxy) is 1. The molecule has 0 bridgehead atoms. The number of methoxy groups -OCH3 is 1. The second kappa shape index (κ2) is 5.40. The van der Waals surface area contributed by atoms with Crippen LogP contribution in [0.1, 0.15) is 18.4 Å². The zero-order chi connectivity index (χ0) is 15.7. The Kier molecular flexibility index (Phi) is 3.56. The summed E-state index contributed by atoms with van der Waals surface area (Å²) in [6.07, 6.45) is 1.30. The van der Waals surface area contributed by atoms with Gasteiger partial charge in [0.2, 0.25) is 5.91 Å². The van der Waals surface area contributed by atoms with E-state index in [1.165, 1.54) is 0 Å². The van der Waals surface area contributed by atoms with Crippen molar-refractivity contribution < 1.29 is 18.3 Å². The zero-order valence-electron chi connectivity index (χ0n) is 12.0. The number of halogens is 2. The lowest BCUT2D eigenvalue weighted by molar-refractivity contribution is -0.118. The summed E-state index contributed by atoms with van der Waals surface area (Å²) in [6.45, 7) is 0. The number of para-hydroxylation sites is 1. The maximum Gasteiger partial charge on any atom is 0.235 e. The van der Waals surface area contributed by atoms with Crippen molar-refractivity contribution in [3.8, 4) is 5.75 Å². The monoisotopic (exact) mass is 303 g/mol. The SMILES string of the molecule is COc1ccccc1C1(C(=O)Nc2cc(F)ccc2F)CC1. The molecular weight excluding hydrogens is 288 g/mol. The predicted molar refractivity (Wildman–Crippen MR) is 78.9 cm³/mol. The van der Waals surface area contributed by atoms with Crippen molar-refractivity contribution in [3.05, 3.63) is 59.7 Å². The normalized spacial score (nSPS) is 15.2. The summed E-state index contributed by atoms with van der Waals surface area (Å²) in [5.74, 6) is -0.985. The van der Waals surface area contributed by atoms with Crippen molar-refractivity contribution in [1.29, 1.82) is 0 Å². The molecule has 1 N–H and O–H groups in total. The fraction of sp³-hybridized carbons (Fsp3) is 0.235. The van der Waals surface area contributed by atoms with Crippen LogP contribution in [0.4, 0.5) is 14.5 Å². The molecule has 1 amide bonds. The lowest BCUT2D eigenvalue weighted by atomic mass is 9.94. The quantitative estimate of drug-likeness (QED) is 0.936. The van der Waals surface area contributed by atoms with Crippen LogP contribution in [0.3, 0.4) is 0 Å². The number of carbonyl (C=O) groups excluding carboxylic acids is 1. The average Bonchev–Trinajstić information content (AvgIpc) is 3.32. The molecule has 3 rings (SSSR count). The van der Waals surface area contributed by atoms with Gasteiger partial charge in [0.25, 0.3) is 0 Å². The molecule has 0 saturated heterocycles. The summed E-state index contributed by atoms with van der Waals surface area (Å²) in [7, 11) is 1.54. The van der Waals surface area contributed by atoms with E-state index in [1.807, 2.05) is 18.2 Å². The largest absolute Gasteiger partial charge is 0.496 e. The van der Waals surface area contributed by atoms with Crippen LogP contribution in [0, 0.1) is 11.6 Å². The Morgan fingerprint density at radius 1 is 1.18 bits per heavy atom. The van der Waals surface area contributed by atoms with Crippen molar-refractivity contribution >= 4 is 11.6 Å². The molecule has 114 valence electrons. The third-order valence-electron chi connectivity index (χ3n) is 3.98. The molecule has 0 aromatic heterocycles. The lowest BCUT2D eigenvalue weighted by Crippen LogP contribution is -2.28. The van der Waals surface area contributed by atoms with Crippen molar-refractivity contribution in [2.45, 2.75) is 18.3 Å². The standard InChI is InChI=1S/C17H15F2NO2/c1-22-15-5-3-2-4-12(15)17(8-9-17)16(21)20-14-10-11(18)6-7-13(14)19/h2-7,10H,8-9H2,1H3,(H,20,21). The third-order valence-corrected chi connectivity index (χ3v) is 3.98. The molecule has 0 spiro atoms. The van der Waals surface area contributed by atoms with Gasteiger partial charge in [0.15, 0.2) is 0 Å². The van der Waals surface area contributed by atoms with Gasteiger partial charge in [0.05, 0.1) is 18.2 Å². The molecule has 1 aliphatic carbocycles. The number of hydrogen-bond donors (Lipinski definition) is 1. The molecule has 0 aliphatic heterocycles. The average molecular weight is 303 g/mol. The summed E-state index contributed by atoms with van der Waals surface area (Å²) in [5, 5.41) is 2.49. The van der Waals surface area contributed by atoms with Gasteiger partial charge in [0, 0.05) is 11.6 Å². The van der Waals surface area contributed by atoms with Gasteiger partial charge in [-0.3, -0.25) is 4.79 Å². The first-order valence-electron chi connectivity index (χ1n) is 6.97. The first kappa shape index (κ1) is 14.5. The minimum atomic E-state index is -0.731. The van der Waals surface area contributed by atoms with Crippen LogP contribution in [0.15, 0.2) is 42.5 Å². The van der Waals surface area contributed by atoms with Crippen molar-refractivity contribution in [1.82, 2.24) is 0 Å². The number of amides is 1. The van der Waals surface area contributed by atoms with Crippen LogP contribution in [-0.4, -0.2) is 13.0 Å². The van der Waals surface area contributed by atoms with Gasteiger partial charge in [-0.15, -0.1) is 0 Å². The van der Waals surface area contributed by atoms with E-state index in [0.29, 0.717) is 18.6 Å². The topological polar surface area (TPSA) is 38.3 Å². The van der Waals surface area contributed by atoms with E-state index in [9.17, 15) is 13.6 Å². The Morgan fingerprint density at radius 3 is 2.59 bits per heavy atom. The molecule has 1 aliphatic rings. The maximum absolute atomic E-state index is 13.7. The highest BCUT2D eigenvalue weighted by Gasteiger charge is 2.52. The number of hydrogen-bond acceptors (Lipinski definition) is 2. The smallest absolute Gasteiger partial charge is 0.235 e. The summed E-state index contributed by atoms with van der Waals surface area (Å²) in [4.78, 5) is 12.6. The van der Waals surface area contributed by atoms with Crippen LogP contribution in [0.5, 0.6) is 5.75 Å². The van der Waals surface area contributed by atoms with Crippen molar-refractivity contribution in [2.75, 3.05) is 12.4 Å². The highest BCUT2D eigenvalue weighted by molar-refractivity contribution is 6.02. The Balaban J connectivity index is 1.90. The van der Waals surface area contributed by atoms with E-state index in [1.54, 1.807) is 13.2 Å². The van der Waals surface area contributed by atoms with Gasteiger partial charge in [-0.25, -0.2) is 8.78 Å². The van der Waals surface area contributed by atoms with E-state index in [4.69, 9.17) is 4.74 Å². The molecule has 2 aromatic carbocycles. The summed E-state index contributed by atoms with van der Waals surface area (Å²) in [5.41, 5.74) is -0.108. The van der Waals surface area contributed by atoms with E-state index in [-0.39, 0.29) is 11.6 Å². The number of anilines is 1. The lowest BCUT2D eigenvalue weighted by Gasteiger charge is -2.18. The number of nitrogens with one attached hydrogen (secondary N) is 1. The van der Waals surface area contributed by atoms with E-state index >= 15 is 0 Å². The second-order valence-corrected chi connectivity index (χ2v) is 5.36. The van der Waals surface area contributed by atoms with E-state index in [0.717, 1.165) is 23.8 Å². The molecule has 22 heavy (non-hydrogen) atoms. The Bertz CT molecular complexity index is 726. The third kappa shape index (κ3) is 2.43. The molecular formula is C17H15F2NO2. The molecule has 1 saturated carbocycles. The van der Waals surface area contributed by atoms with Crippen molar-refractivity contribution in [3.63, 3.8) is 0 Å². The van der Waals surface area contributed by atoms with Crippen LogP contribution < -0.4 is 10.1 Å². The highest BCUT2D eigenvalue weighted by Crippen LogP contribution is 2.52. The minimum Gasteiger partial charge on any atom is -0.496 e. The van der Waals surface area contributed by atoms with Crippen LogP contribution in [0.25, 0.3) is 0 Å². The van der Waals surface area contributed by atoms with Gasteiger partial charge in [-0.1, -0.05) is 18.2 Å². The number of benzene rings is 2. The maximum atomic E-state index is 13.7. The van der Waals surface area contributed by atoms with Crippen LogP contribution in [-0.2, 0) is 10.2 Å². The van der Waals surface area contributed by atoms with Gasteiger partial charge >= 0.3 is 0 Å². The fourth-order valence-corrected chi connectivity index (χ4v) is 2.62. The van der Waals surface area contributed by atoms with Gasteiger partial charge in [0.1, 0.15) is 17.4 Å². The minimum absolute atomic E-state index is 0.147. The van der Waals surface area contributed by atoms with Crippen LogP contribution >= 0.6 is 0 Å². The van der Waals surface area contributed by atoms with Crippen LogP contribution in [0.2, 0.25) is 0 Å². The van der Waals surface area contributed by atoms with E-state index in [2.05, 4.69) is 5.32 Å². The first-order valence-corrected chi connectivity index (χ1v) is 6.97. The molecule has 2 aromatic rings. The van der Waals surface area contributed by atoms with Gasteiger partial charge in [-0.2, -0.15) is 0 Å². The molecule has 3 nitrogen and oxygen atoms in total. The molecule has 5 heteroatoms. The fourth-order valence-electron chi connectivity index (χ4n) is 2.62. The molecule has 0 radical (unpaired) electrons. The van der Waals surface area contributed by atoms with Gasteiger partial charge < -0.3 is 10.1 Å². The zero-order valence-corrected chi connectivity index (χ0v) is 12.0. The number of rotatable bonds is 4. The number of carbonyl (C=O) groups is 1. The van der Waals surface area contributed by atoms with Crippen molar-refractivity contribution in [2.24, 2.45) is 0 Å². The Hall–Kier alpha value is -2.43. The second-order valence-electron chi connectivity index (χ2n) is 5.36. The summed E-state index contributed by atoms with van der Waals surface area (Å²) < 4.78 is 32.2. The van der Waals surface area contributed by atoms with E-state index < -0.39 is 17.0 Å². The first-order chi connectivity index (χ1) is 10.6. The Morgan fingerprint density at radius 2 is 1.91 bits per heavy atom.